The Balaban J connectivity index is 1.30. The second kappa shape index (κ2) is 7.59. The molecule has 0 radical (unpaired) electrons. The first-order valence-electron chi connectivity index (χ1n) is 10.0. The van der Waals surface area contributed by atoms with Crippen molar-refractivity contribution in [2.45, 2.75) is 25.2 Å². The first-order chi connectivity index (χ1) is 14.3. The zero-order chi connectivity index (χ0) is 19.6. The predicted molar refractivity (Wildman–Crippen MR) is 110 cm³/mol. The number of hydrogen-bond donors (Lipinski definition) is 0. The van der Waals surface area contributed by atoms with Crippen LogP contribution >= 0.6 is 0 Å². The van der Waals surface area contributed by atoms with Crippen LogP contribution in [0.5, 0.6) is 0 Å². The van der Waals surface area contributed by atoms with Crippen molar-refractivity contribution in [3.05, 3.63) is 89.8 Å². The first kappa shape index (κ1) is 17.7. The summed E-state index contributed by atoms with van der Waals surface area (Å²) in [6.45, 7) is 1.32. The molecule has 2 aromatic heterocycles. The fraction of sp³-hybridized carbons (Fsp3) is 0.250. The SMILES string of the molecule is O=C(c1cc2ccccc2o1)N1CCC[C@@H](c2ncc(Cc3ccccc3)o2)C1. The molecule has 5 heteroatoms. The molecule has 0 aliphatic carbocycles. The number of fused-ring (bicyclic) bond motifs is 1. The zero-order valence-electron chi connectivity index (χ0n) is 16.1. The second-order valence-electron chi connectivity index (χ2n) is 7.57. The van der Waals surface area contributed by atoms with Crippen molar-refractivity contribution in [2.75, 3.05) is 13.1 Å². The highest BCUT2D eigenvalue weighted by Gasteiger charge is 2.29. The minimum absolute atomic E-state index is 0.0676. The smallest absolute Gasteiger partial charge is 0.289 e. The van der Waals surface area contributed by atoms with E-state index >= 15 is 0 Å². The molecule has 1 saturated heterocycles. The summed E-state index contributed by atoms with van der Waals surface area (Å²) in [5, 5.41) is 0.947. The van der Waals surface area contributed by atoms with Crippen LogP contribution in [0, 0.1) is 0 Å². The number of para-hydroxylation sites is 1. The zero-order valence-corrected chi connectivity index (χ0v) is 16.1. The molecule has 0 bridgehead atoms. The van der Waals surface area contributed by atoms with Gasteiger partial charge in [0.2, 0.25) is 0 Å². The Morgan fingerprint density at radius 3 is 2.76 bits per heavy atom. The molecule has 1 aliphatic rings. The highest BCUT2D eigenvalue weighted by Crippen LogP contribution is 2.29. The van der Waals surface area contributed by atoms with Crippen LogP contribution in [0.2, 0.25) is 0 Å². The molecule has 0 spiro atoms. The molecule has 1 fully saturated rings. The Hall–Kier alpha value is -3.34. The van der Waals surface area contributed by atoms with Crippen LogP contribution in [0.15, 0.2) is 75.7 Å². The average molecular weight is 386 g/mol. The molecule has 146 valence electrons. The van der Waals surface area contributed by atoms with Crippen LogP contribution < -0.4 is 0 Å². The molecule has 3 heterocycles. The maximum absolute atomic E-state index is 13.0. The quantitative estimate of drug-likeness (QED) is 0.493. The molecule has 5 rings (SSSR count). The molecule has 0 unspecified atom stereocenters. The molecule has 0 saturated carbocycles. The molecule has 1 amide bonds. The van der Waals surface area contributed by atoms with Crippen LogP contribution in [-0.4, -0.2) is 28.9 Å². The largest absolute Gasteiger partial charge is 0.451 e. The van der Waals surface area contributed by atoms with E-state index in [1.807, 2.05) is 59.6 Å². The lowest BCUT2D eigenvalue weighted by Gasteiger charge is -2.30. The van der Waals surface area contributed by atoms with E-state index in [0.717, 1.165) is 48.4 Å². The number of oxazole rings is 1. The van der Waals surface area contributed by atoms with Crippen LogP contribution in [0.4, 0.5) is 0 Å². The lowest BCUT2D eigenvalue weighted by Crippen LogP contribution is -2.39. The molecular formula is C24H22N2O3. The van der Waals surface area contributed by atoms with Crippen LogP contribution in [-0.2, 0) is 6.42 Å². The van der Waals surface area contributed by atoms with Gasteiger partial charge in [0.1, 0.15) is 11.3 Å². The summed E-state index contributed by atoms with van der Waals surface area (Å²) < 4.78 is 11.8. The van der Waals surface area contributed by atoms with Gasteiger partial charge in [-0.05, 0) is 30.5 Å². The van der Waals surface area contributed by atoms with Crippen molar-refractivity contribution in [2.24, 2.45) is 0 Å². The van der Waals surface area contributed by atoms with Gasteiger partial charge < -0.3 is 13.7 Å². The molecule has 2 aromatic carbocycles. The molecule has 5 nitrogen and oxygen atoms in total. The highest BCUT2D eigenvalue weighted by molar-refractivity contribution is 5.96. The molecule has 1 atom stereocenters. The van der Waals surface area contributed by atoms with E-state index in [-0.39, 0.29) is 11.8 Å². The van der Waals surface area contributed by atoms with E-state index in [9.17, 15) is 4.79 Å². The minimum atomic E-state index is -0.0676. The standard InChI is InChI=1S/C24H22N2O3/c27-24(22-14-18-9-4-5-11-21(18)29-22)26-12-6-10-19(16-26)23-25-15-20(28-23)13-17-7-2-1-3-8-17/h1-5,7-9,11,14-15,19H,6,10,12-13,16H2/t19-/m1/s1. The maximum Gasteiger partial charge on any atom is 0.289 e. The van der Waals surface area contributed by atoms with Gasteiger partial charge >= 0.3 is 0 Å². The lowest BCUT2D eigenvalue weighted by molar-refractivity contribution is 0.0668. The van der Waals surface area contributed by atoms with Gasteiger partial charge in [0.15, 0.2) is 11.7 Å². The van der Waals surface area contributed by atoms with Gasteiger partial charge in [0, 0.05) is 24.9 Å². The summed E-state index contributed by atoms with van der Waals surface area (Å²) in [7, 11) is 0. The van der Waals surface area contributed by atoms with E-state index in [0.29, 0.717) is 12.3 Å². The molecular weight excluding hydrogens is 364 g/mol. The Morgan fingerprint density at radius 2 is 1.90 bits per heavy atom. The van der Waals surface area contributed by atoms with Gasteiger partial charge in [-0.15, -0.1) is 0 Å². The Bertz CT molecular complexity index is 1100. The highest BCUT2D eigenvalue weighted by atomic mass is 16.4. The van der Waals surface area contributed by atoms with Gasteiger partial charge in [0.25, 0.3) is 5.91 Å². The number of benzene rings is 2. The third-order valence-electron chi connectivity index (χ3n) is 5.49. The van der Waals surface area contributed by atoms with Crippen molar-refractivity contribution in [1.82, 2.24) is 9.88 Å². The van der Waals surface area contributed by atoms with Crippen LogP contribution in [0.1, 0.15) is 46.5 Å². The number of carbonyl (C=O) groups excluding carboxylic acids is 1. The van der Waals surface area contributed by atoms with Gasteiger partial charge in [-0.3, -0.25) is 4.79 Å². The van der Waals surface area contributed by atoms with Gasteiger partial charge in [-0.1, -0.05) is 48.5 Å². The molecule has 4 aromatic rings. The minimum Gasteiger partial charge on any atom is -0.451 e. The normalized spacial score (nSPS) is 17.0. The molecule has 29 heavy (non-hydrogen) atoms. The number of aromatic nitrogens is 1. The topological polar surface area (TPSA) is 59.5 Å². The fourth-order valence-electron chi connectivity index (χ4n) is 4.00. The Morgan fingerprint density at radius 1 is 1.07 bits per heavy atom. The Labute approximate surface area is 169 Å². The summed E-state index contributed by atoms with van der Waals surface area (Å²) in [4.78, 5) is 19.3. The molecule has 1 aliphatic heterocycles. The van der Waals surface area contributed by atoms with Gasteiger partial charge in [-0.2, -0.15) is 0 Å². The first-order valence-corrected chi connectivity index (χ1v) is 10.0. The monoisotopic (exact) mass is 386 g/mol. The second-order valence-corrected chi connectivity index (χ2v) is 7.57. The number of rotatable bonds is 4. The maximum atomic E-state index is 13.0. The van der Waals surface area contributed by atoms with Gasteiger partial charge in [0.05, 0.1) is 12.1 Å². The van der Waals surface area contributed by atoms with Crippen LogP contribution in [0.3, 0.4) is 0 Å². The van der Waals surface area contributed by atoms with E-state index in [4.69, 9.17) is 8.83 Å². The number of carbonyl (C=O) groups is 1. The van der Waals surface area contributed by atoms with Gasteiger partial charge in [-0.25, -0.2) is 4.98 Å². The third-order valence-corrected chi connectivity index (χ3v) is 5.49. The average Bonchev–Trinajstić information content (AvgIpc) is 3.41. The summed E-state index contributed by atoms with van der Waals surface area (Å²) >= 11 is 0. The van der Waals surface area contributed by atoms with Crippen molar-refractivity contribution in [3.8, 4) is 0 Å². The lowest BCUT2D eigenvalue weighted by atomic mass is 9.98. The fourth-order valence-corrected chi connectivity index (χ4v) is 4.00. The third kappa shape index (κ3) is 3.68. The van der Waals surface area contributed by atoms with Crippen LogP contribution in [0.25, 0.3) is 11.0 Å². The number of amides is 1. The van der Waals surface area contributed by atoms with E-state index < -0.39 is 0 Å². The van der Waals surface area contributed by atoms with E-state index in [1.165, 1.54) is 5.56 Å². The summed E-state index contributed by atoms with van der Waals surface area (Å²) in [5.74, 6) is 2.01. The van der Waals surface area contributed by atoms with E-state index in [2.05, 4.69) is 17.1 Å². The predicted octanol–water partition coefficient (Wildman–Crippen LogP) is 5.03. The van der Waals surface area contributed by atoms with Crippen molar-refractivity contribution in [1.29, 1.82) is 0 Å². The van der Waals surface area contributed by atoms with Crippen molar-refractivity contribution in [3.63, 3.8) is 0 Å². The molecule has 0 N–H and O–H groups in total. The summed E-state index contributed by atoms with van der Waals surface area (Å²) in [5.41, 5.74) is 1.93. The van der Waals surface area contributed by atoms with Crippen molar-refractivity contribution >= 4 is 16.9 Å². The summed E-state index contributed by atoms with van der Waals surface area (Å²) in [6, 6.07) is 19.7. The van der Waals surface area contributed by atoms with Crippen molar-refractivity contribution < 1.29 is 13.6 Å². The number of hydrogen-bond acceptors (Lipinski definition) is 4. The number of piperidine rings is 1. The van der Waals surface area contributed by atoms with E-state index in [1.54, 1.807) is 0 Å². The number of nitrogens with zero attached hydrogens (tertiary/aromatic N) is 2. The number of likely N-dealkylation sites (tertiary alicyclic amines) is 1. The Kier molecular flexibility index (Phi) is 4.64. The summed E-state index contributed by atoms with van der Waals surface area (Å²) in [6.07, 6.45) is 4.42. The number of furan rings is 1.